The van der Waals surface area contributed by atoms with Gasteiger partial charge in [0.15, 0.2) is 0 Å². The number of fused-ring (bicyclic) bond motifs is 1. The first kappa shape index (κ1) is 10.2. The van der Waals surface area contributed by atoms with Crippen LogP contribution in [-0.2, 0) is 4.79 Å². The second-order valence-corrected chi connectivity index (χ2v) is 3.28. The largest absolute Gasteiger partial charge is 0.507 e. The summed E-state index contributed by atoms with van der Waals surface area (Å²) < 4.78 is 0. The number of phenols is 1. The van der Waals surface area contributed by atoms with E-state index in [1.165, 1.54) is 0 Å². The normalized spacial score (nSPS) is 10.0. The molecule has 1 heterocycles. The summed E-state index contributed by atoms with van der Waals surface area (Å²) in [5.41, 5.74) is 1.39. The Bertz CT molecular complexity index is 564. The number of aromatic hydroxyl groups is 1. The number of aromatic nitrogens is 1. The van der Waals surface area contributed by atoms with Crippen LogP contribution in [0.15, 0.2) is 37.0 Å². The summed E-state index contributed by atoms with van der Waals surface area (Å²) in [7, 11) is 0. The van der Waals surface area contributed by atoms with Gasteiger partial charge in [0.05, 0.1) is 11.1 Å². The van der Waals surface area contributed by atoms with E-state index in [9.17, 15) is 9.90 Å². The van der Waals surface area contributed by atoms with E-state index in [1.807, 2.05) is 6.07 Å². The van der Waals surface area contributed by atoms with Crippen LogP contribution in [0.5, 0.6) is 5.75 Å². The van der Waals surface area contributed by atoms with Crippen LogP contribution in [0.25, 0.3) is 16.6 Å². The number of hydrogen-bond donors (Lipinski definition) is 2. The van der Waals surface area contributed by atoms with Crippen LogP contribution >= 0.6 is 0 Å². The number of amides is 1. The average Bonchev–Trinajstić information content (AvgIpc) is 2.29. The SMILES string of the molecule is C=C(NC=O)c1c(O)ccc2cccnc12. The Labute approximate surface area is 92.2 Å². The van der Waals surface area contributed by atoms with Gasteiger partial charge in [-0.15, -0.1) is 0 Å². The third kappa shape index (κ3) is 1.61. The number of nitrogens with zero attached hydrogens (tertiary/aromatic N) is 1. The Balaban J connectivity index is 2.70. The number of rotatable bonds is 3. The van der Waals surface area contributed by atoms with Crippen molar-refractivity contribution < 1.29 is 9.90 Å². The molecule has 0 spiro atoms. The fourth-order valence-electron chi connectivity index (χ4n) is 1.58. The number of hydrogen-bond acceptors (Lipinski definition) is 3. The molecule has 1 aromatic carbocycles. The molecule has 2 N–H and O–H groups in total. The highest BCUT2D eigenvalue weighted by molar-refractivity contribution is 5.94. The predicted octanol–water partition coefficient (Wildman–Crippen LogP) is 1.66. The van der Waals surface area contributed by atoms with Crippen molar-refractivity contribution in [2.45, 2.75) is 0 Å². The van der Waals surface area contributed by atoms with E-state index in [2.05, 4.69) is 16.9 Å². The van der Waals surface area contributed by atoms with Gasteiger partial charge >= 0.3 is 0 Å². The average molecular weight is 214 g/mol. The van der Waals surface area contributed by atoms with Gasteiger partial charge in [-0.25, -0.2) is 0 Å². The van der Waals surface area contributed by atoms with Crippen LogP contribution in [0.1, 0.15) is 5.56 Å². The zero-order chi connectivity index (χ0) is 11.5. The van der Waals surface area contributed by atoms with E-state index in [-0.39, 0.29) is 5.75 Å². The summed E-state index contributed by atoms with van der Waals surface area (Å²) in [6, 6.07) is 6.99. The number of pyridine rings is 1. The van der Waals surface area contributed by atoms with E-state index in [0.717, 1.165) is 5.39 Å². The molecule has 0 saturated carbocycles. The third-order valence-corrected chi connectivity index (χ3v) is 2.29. The van der Waals surface area contributed by atoms with Crippen LogP contribution in [0.3, 0.4) is 0 Å². The molecule has 0 aliphatic carbocycles. The van der Waals surface area contributed by atoms with Gasteiger partial charge in [0.25, 0.3) is 0 Å². The Morgan fingerprint density at radius 2 is 2.25 bits per heavy atom. The Morgan fingerprint density at radius 3 is 3.00 bits per heavy atom. The quantitative estimate of drug-likeness (QED) is 0.764. The maximum Gasteiger partial charge on any atom is 0.211 e. The third-order valence-electron chi connectivity index (χ3n) is 2.29. The molecule has 0 saturated heterocycles. The maximum atomic E-state index is 10.4. The van der Waals surface area contributed by atoms with Gasteiger partial charge in [-0.2, -0.15) is 0 Å². The van der Waals surface area contributed by atoms with Crippen LogP contribution < -0.4 is 5.32 Å². The molecule has 0 fully saturated rings. The predicted molar refractivity (Wildman–Crippen MR) is 61.6 cm³/mol. The lowest BCUT2D eigenvalue weighted by Gasteiger charge is -2.09. The topological polar surface area (TPSA) is 62.2 Å². The van der Waals surface area contributed by atoms with Crippen molar-refractivity contribution >= 4 is 23.0 Å². The molecule has 0 unspecified atom stereocenters. The lowest BCUT2D eigenvalue weighted by molar-refractivity contribution is -0.108. The Morgan fingerprint density at radius 1 is 1.44 bits per heavy atom. The Kier molecular flexibility index (Phi) is 2.55. The van der Waals surface area contributed by atoms with Crippen molar-refractivity contribution in [1.82, 2.24) is 10.3 Å². The molecule has 0 radical (unpaired) electrons. The van der Waals surface area contributed by atoms with E-state index < -0.39 is 0 Å². The van der Waals surface area contributed by atoms with Crippen molar-refractivity contribution in [2.24, 2.45) is 0 Å². The minimum atomic E-state index is 0.0468. The molecule has 2 rings (SSSR count). The summed E-state index contributed by atoms with van der Waals surface area (Å²) in [4.78, 5) is 14.5. The Hall–Kier alpha value is -2.36. The van der Waals surface area contributed by atoms with Gasteiger partial charge in [0.2, 0.25) is 6.41 Å². The highest BCUT2D eigenvalue weighted by Crippen LogP contribution is 2.29. The first-order valence-electron chi connectivity index (χ1n) is 4.70. The molecule has 1 amide bonds. The minimum Gasteiger partial charge on any atom is -0.507 e. The molecule has 0 aliphatic heterocycles. The van der Waals surface area contributed by atoms with Gasteiger partial charge in [-0.3, -0.25) is 9.78 Å². The van der Waals surface area contributed by atoms with Crippen LogP contribution in [-0.4, -0.2) is 16.5 Å². The zero-order valence-corrected chi connectivity index (χ0v) is 8.47. The molecule has 16 heavy (non-hydrogen) atoms. The number of benzene rings is 1. The van der Waals surface area contributed by atoms with E-state index in [1.54, 1.807) is 24.4 Å². The smallest absolute Gasteiger partial charge is 0.211 e. The van der Waals surface area contributed by atoms with E-state index in [0.29, 0.717) is 23.2 Å². The fraction of sp³-hybridized carbons (Fsp3) is 0. The number of phenolic OH excluding ortho intramolecular Hbond substituents is 1. The fourth-order valence-corrected chi connectivity index (χ4v) is 1.58. The van der Waals surface area contributed by atoms with Crippen molar-refractivity contribution in [1.29, 1.82) is 0 Å². The first-order valence-corrected chi connectivity index (χ1v) is 4.70. The van der Waals surface area contributed by atoms with Crippen molar-refractivity contribution in [3.8, 4) is 5.75 Å². The molecule has 0 atom stereocenters. The van der Waals surface area contributed by atoms with Crippen molar-refractivity contribution in [3.05, 3.63) is 42.6 Å². The molecular weight excluding hydrogens is 204 g/mol. The molecule has 0 bridgehead atoms. The maximum absolute atomic E-state index is 10.4. The first-order chi connectivity index (χ1) is 7.74. The van der Waals surface area contributed by atoms with Crippen LogP contribution in [0, 0.1) is 0 Å². The highest BCUT2D eigenvalue weighted by atomic mass is 16.3. The summed E-state index contributed by atoms with van der Waals surface area (Å²) in [6.45, 7) is 3.68. The summed E-state index contributed by atoms with van der Waals surface area (Å²) in [6.07, 6.45) is 2.14. The second-order valence-electron chi connectivity index (χ2n) is 3.28. The molecular formula is C12H10N2O2. The zero-order valence-electron chi connectivity index (χ0n) is 8.47. The van der Waals surface area contributed by atoms with Gasteiger partial charge in [-0.05, 0) is 18.2 Å². The van der Waals surface area contributed by atoms with Gasteiger partial charge in [0.1, 0.15) is 5.75 Å². The van der Waals surface area contributed by atoms with Crippen LogP contribution in [0.2, 0.25) is 0 Å². The standard InChI is InChI=1S/C12H10N2O2/c1-8(14-7-15)11-10(16)5-4-9-3-2-6-13-12(9)11/h2-7,16H,1H2,(H,14,15). The van der Waals surface area contributed by atoms with Crippen molar-refractivity contribution in [2.75, 3.05) is 0 Å². The second kappa shape index (κ2) is 4.02. The lowest BCUT2D eigenvalue weighted by atomic mass is 10.1. The van der Waals surface area contributed by atoms with Gasteiger partial charge < -0.3 is 10.4 Å². The van der Waals surface area contributed by atoms with Gasteiger partial charge in [0, 0.05) is 17.3 Å². The van der Waals surface area contributed by atoms with Gasteiger partial charge in [-0.1, -0.05) is 12.6 Å². The number of nitrogens with one attached hydrogen (secondary N) is 1. The van der Waals surface area contributed by atoms with E-state index in [4.69, 9.17) is 0 Å². The molecule has 1 aromatic heterocycles. The molecule has 4 nitrogen and oxygen atoms in total. The van der Waals surface area contributed by atoms with E-state index >= 15 is 0 Å². The number of carbonyl (C=O) groups is 1. The van der Waals surface area contributed by atoms with Crippen molar-refractivity contribution in [3.63, 3.8) is 0 Å². The molecule has 80 valence electrons. The lowest BCUT2D eigenvalue weighted by Crippen LogP contribution is -2.08. The summed E-state index contributed by atoms with van der Waals surface area (Å²) in [5.74, 6) is 0.0468. The molecule has 2 aromatic rings. The van der Waals surface area contributed by atoms with Crippen LogP contribution in [0.4, 0.5) is 0 Å². The minimum absolute atomic E-state index is 0.0468. The molecule has 0 aliphatic rings. The monoisotopic (exact) mass is 214 g/mol. The summed E-state index contributed by atoms with van der Waals surface area (Å²) in [5, 5.41) is 13.0. The molecule has 4 heteroatoms. The summed E-state index contributed by atoms with van der Waals surface area (Å²) >= 11 is 0. The number of carbonyl (C=O) groups excluding carboxylic acids is 1. The highest BCUT2D eigenvalue weighted by Gasteiger charge is 2.10.